The Balaban J connectivity index is 2.04. The molecule has 0 radical (unpaired) electrons. The van der Waals surface area contributed by atoms with E-state index in [9.17, 15) is 0 Å². The van der Waals surface area contributed by atoms with Gasteiger partial charge in [0, 0.05) is 12.2 Å². The van der Waals surface area contributed by atoms with E-state index in [0.29, 0.717) is 0 Å². The molecule has 2 aromatic rings. The second-order valence-electron chi connectivity index (χ2n) is 4.72. The Kier molecular flexibility index (Phi) is 3.48. The van der Waals surface area contributed by atoms with Gasteiger partial charge in [0.1, 0.15) is 0 Å². The van der Waals surface area contributed by atoms with Crippen LogP contribution in [-0.2, 0) is 6.54 Å². The fourth-order valence-electron chi connectivity index (χ4n) is 1.99. The van der Waals surface area contributed by atoms with E-state index >= 15 is 0 Å². The maximum Gasteiger partial charge on any atom is 0.0400 e. The number of aryl methyl sites for hydroxylation is 3. The van der Waals surface area contributed by atoms with Gasteiger partial charge in [0.05, 0.1) is 0 Å². The average Bonchev–Trinajstić information content (AvgIpc) is 2.27. The van der Waals surface area contributed by atoms with Crippen molar-refractivity contribution in [3.63, 3.8) is 0 Å². The maximum atomic E-state index is 3.46. The lowest BCUT2D eigenvalue weighted by molar-refractivity contribution is 1.14. The zero-order valence-electron chi connectivity index (χ0n) is 10.7. The van der Waals surface area contributed by atoms with Gasteiger partial charge in [0.2, 0.25) is 0 Å². The van der Waals surface area contributed by atoms with E-state index < -0.39 is 0 Å². The topological polar surface area (TPSA) is 12.0 Å². The first kappa shape index (κ1) is 11.7. The summed E-state index contributed by atoms with van der Waals surface area (Å²) >= 11 is 0. The van der Waals surface area contributed by atoms with Gasteiger partial charge in [0.15, 0.2) is 0 Å². The van der Waals surface area contributed by atoms with Gasteiger partial charge >= 0.3 is 0 Å². The Morgan fingerprint density at radius 1 is 0.765 bits per heavy atom. The lowest BCUT2D eigenvalue weighted by Gasteiger charge is -2.09. The largest absolute Gasteiger partial charge is 0.381 e. The third-order valence-electron chi connectivity index (χ3n) is 2.84. The molecule has 0 heterocycles. The summed E-state index contributed by atoms with van der Waals surface area (Å²) in [6.45, 7) is 7.25. The highest BCUT2D eigenvalue weighted by atomic mass is 14.9. The molecule has 0 fully saturated rings. The second kappa shape index (κ2) is 5.05. The van der Waals surface area contributed by atoms with Crippen molar-refractivity contribution in [3.8, 4) is 0 Å². The average molecular weight is 225 g/mol. The van der Waals surface area contributed by atoms with E-state index in [2.05, 4.69) is 68.6 Å². The standard InChI is InChI=1S/C16H19N/c1-12-4-6-15(7-5-12)11-17-16-9-13(2)8-14(3)10-16/h4-10,17H,11H2,1-3H3. The summed E-state index contributed by atoms with van der Waals surface area (Å²) in [5.41, 5.74) is 6.42. The maximum absolute atomic E-state index is 3.46. The molecule has 0 aliphatic rings. The summed E-state index contributed by atoms with van der Waals surface area (Å²) in [7, 11) is 0. The van der Waals surface area contributed by atoms with E-state index in [0.717, 1.165) is 6.54 Å². The predicted molar refractivity (Wildman–Crippen MR) is 74.4 cm³/mol. The SMILES string of the molecule is Cc1ccc(CNc2cc(C)cc(C)c2)cc1. The van der Waals surface area contributed by atoms with Crippen molar-refractivity contribution in [3.05, 3.63) is 64.7 Å². The first-order valence-corrected chi connectivity index (χ1v) is 6.01. The van der Waals surface area contributed by atoms with Gasteiger partial charge in [-0.15, -0.1) is 0 Å². The smallest absolute Gasteiger partial charge is 0.0400 e. The molecule has 0 unspecified atom stereocenters. The minimum atomic E-state index is 0.878. The van der Waals surface area contributed by atoms with Crippen LogP contribution in [0.25, 0.3) is 0 Å². The van der Waals surface area contributed by atoms with Crippen LogP contribution < -0.4 is 5.32 Å². The Labute approximate surface area is 103 Å². The molecular weight excluding hydrogens is 206 g/mol. The fraction of sp³-hybridized carbons (Fsp3) is 0.250. The molecule has 17 heavy (non-hydrogen) atoms. The first-order valence-electron chi connectivity index (χ1n) is 6.01. The molecule has 1 heteroatoms. The molecule has 1 N–H and O–H groups in total. The van der Waals surface area contributed by atoms with E-state index in [1.165, 1.54) is 27.9 Å². The lowest BCUT2D eigenvalue weighted by atomic mass is 10.1. The van der Waals surface area contributed by atoms with Crippen molar-refractivity contribution in [2.24, 2.45) is 0 Å². The van der Waals surface area contributed by atoms with Crippen LogP contribution in [0.2, 0.25) is 0 Å². The zero-order valence-corrected chi connectivity index (χ0v) is 10.7. The third kappa shape index (κ3) is 3.35. The van der Waals surface area contributed by atoms with Crippen LogP contribution in [-0.4, -0.2) is 0 Å². The van der Waals surface area contributed by atoms with Crippen LogP contribution in [0.1, 0.15) is 22.3 Å². The number of hydrogen-bond acceptors (Lipinski definition) is 1. The molecule has 0 saturated carbocycles. The molecular formula is C16H19N. The lowest BCUT2D eigenvalue weighted by Crippen LogP contribution is -1.99. The highest BCUT2D eigenvalue weighted by Gasteiger charge is 1.96. The minimum absolute atomic E-state index is 0.878. The first-order chi connectivity index (χ1) is 8.13. The van der Waals surface area contributed by atoms with Crippen molar-refractivity contribution >= 4 is 5.69 Å². The molecule has 88 valence electrons. The molecule has 0 spiro atoms. The van der Waals surface area contributed by atoms with Crippen molar-refractivity contribution in [1.29, 1.82) is 0 Å². The van der Waals surface area contributed by atoms with Crippen molar-refractivity contribution in [2.75, 3.05) is 5.32 Å². The van der Waals surface area contributed by atoms with E-state index in [4.69, 9.17) is 0 Å². The molecule has 0 aliphatic heterocycles. The Morgan fingerprint density at radius 2 is 1.35 bits per heavy atom. The third-order valence-corrected chi connectivity index (χ3v) is 2.84. The van der Waals surface area contributed by atoms with Crippen LogP contribution in [0.4, 0.5) is 5.69 Å². The van der Waals surface area contributed by atoms with Gasteiger partial charge in [-0.3, -0.25) is 0 Å². The number of benzene rings is 2. The van der Waals surface area contributed by atoms with E-state index in [1.54, 1.807) is 0 Å². The van der Waals surface area contributed by atoms with Gasteiger partial charge in [-0.2, -0.15) is 0 Å². The van der Waals surface area contributed by atoms with E-state index in [-0.39, 0.29) is 0 Å². The summed E-state index contributed by atoms with van der Waals surface area (Å²) < 4.78 is 0. The molecule has 0 aliphatic carbocycles. The predicted octanol–water partition coefficient (Wildman–Crippen LogP) is 4.22. The van der Waals surface area contributed by atoms with Gasteiger partial charge < -0.3 is 5.32 Å². The van der Waals surface area contributed by atoms with Crippen molar-refractivity contribution in [1.82, 2.24) is 0 Å². The van der Waals surface area contributed by atoms with Crippen LogP contribution in [0.5, 0.6) is 0 Å². The number of rotatable bonds is 3. The highest BCUT2D eigenvalue weighted by molar-refractivity contribution is 5.48. The van der Waals surface area contributed by atoms with Crippen molar-refractivity contribution < 1.29 is 0 Å². The number of hydrogen-bond donors (Lipinski definition) is 1. The Hall–Kier alpha value is -1.76. The van der Waals surface area contributed by atoms with Crippen molar-refractivity contribution in [2.45, 2.75) is 27.3 Å². The second-order valence-corrected chi connectivity index (χ2v) is 4.72. The summed E-state index contributed by atoms with van der Waals surface area (Å²) in [5.74, 6) is 0. The molecule has 2 rings (SSSR count). The van der Waals surface area contributed by atoms with Crippen LogP contribution in [0.15, 0.2) is 42.5 Å². The molecule has 1 nitrogen and oxygen atoms in total. The van der Waals surface area contributed by atoms with Crippen LogP contribution >= 0.6 is 0 Å². The molecule has 2 aromatic carbocycles. The van der Waals surface area contributed by atoms with Gasteiger partial charge in [-0.1, -0.05) is 35.9 Å². The minimum Gasteiger partial charge on any atom is -0.381 e. The summed E-state index contributed by atoms with van der Waals surface area (Å²) in [6.07, 6.45) is 0. The fourth-order valence-corrected chi connectivity index (χ4v) is 1.99. The molecule has 0 bridgehead atoms. The van der Waals surface area contributed by atoms with Gasteiger partial charge in [-0.05, 0) is 49.6 Å². The Morgan fingerprint density at radius 3 is 1.94 bits per heavy atom. The normalized spacial score (nSPS) is 10.3. The monoisotopic (exact) mass is 225 g/mol. The van der Waals surface area contributed by atoms with E-state index in [1.807, 2.05) is 0 Å². The number of nitrogens with one attached hydrogen (secondary N) is 1. The summed E-state index contributed by atoms with van der Waals surface area (Å²) in [4.78, 5) is 0. The molecule has 0 saturated heterocycles. The molecule has 0 atom stereocenters. The quantitative estimate of drug-likeness (QED) is 0.824. The molecule has 0 amide bonds. The molecule has 0 aromatic heterocycles. The van der Waals surface area contributed by atoms with Gasteiger partial charge in [-0.25, -0.2) is 0 Å². The summed E-state index contributed by atoms with van der Waals surface area (Å²) in [6, 6.07) is 15.2. The van der Waals surface area contributed by atoms with Gasteiger partial charge in [0.25, 0.3) is 0 Å². The number of anilines is 1. The van der Waals surface area contributed by atoms with Crippen LogP contribution in [0.3, 0.4) is 0 Å². The summed E-state index contributed by atoms with van der Waals surface area (Å²) in [5, 5.41) is 3.46. The van der Waals surface area contributed by atoms with Crippen LogP contribution in [0, 0.1) is 20.8 Å². The zero-order chi connectivity index (χ0) is 12.3. The Bertz CT molecular complexity index is 477. The highest BCUT2D eigenvalue weighted by Crippen LogP contribution is 2.15.